The van der Waals surface area contributed by atoms with Crippen LogP contribution in [0.25, 0.3) is 22.6 Å². The Kier molecular flexibility index (Phi) is 2.68. The average molecular weight is 275 g/mol. The van der Waals surface area contributed by atoms with Crippen LogP contribution in [0, 0.1) is 10.1 Å². The molecule has 0 unspecified atom stereocenters. The van der Waals surface area contributed by atoms with Crippen molar-refractivity contribution >= 4 is 28.4 Å². The summed E-state index contributed by atoms with van der Waals surface area (Å²) in [5, 5.41) is 11.5. The van der Waals surface area contributed by atoms with Gasteiger partial charge >= 0.3 is 0 Å². The highest BCUT2D eigenvalue weighted by Gasteiger charge is 2.19. The molecule has 0 saturated carbocycles. The SMILES string of the molecule is O=[N+]([O-])c1ccccc1-c1nc2cc(Cl)ccc2o1. The molecule has 94 valence electrons. The molecular weight excluding hydrogens is 268 g/mol. The van der Waals surface area contributed by atoms with Gasteiger partial charge in [-0.1, -0.05) is 23.7 Å². The summed E-state index contributed by atoms with van der Waals surface area (Å²) in [4.78, 5) is 14.7. The summed E-state index contributed by atoms with van der Waals surface area (Å²) >= 11 is 5.87. The van der Waals surface area contributed by atoms with Crippen LogP contribution in [0.3, 0.4) is 0 Å². The fourth-order valence-corrected chi connectivity index (χ4v) is 2.00. The van der Waals surface area contributed by atoms with Gasteiger partial charge in [0.05, 0.1) is 4.92 Å². The minimum atomic E-state index is -0.461. The molecule has 1 heterocycles. The highest BCUT2D eigenvalue weighted by atomic mass is 35.5. The van der Waals surface area contributed by atoms with Gasteiger partial charge in [0.25, 0.3) is 5.69 Å². The molecule has 0 saturated heterocycles. The van der Waals surface area contributed by atoms with E-state index < -0.39 is 4.92 Å². The number of nitro benzene ring substituents is 1. The predicted octanol–water partition coefficient (Wildman–Crippen LogP) is 4.06. The normalized spacial score (nSPS) is 10.8. The van der Waals surface area contributed by atoms with Gasteiger partial charge in [0.1, 0.15) is 11.1 Å². The third-order valence-electron chi connectivity index (χ3n) is 2.68. The molecule has 0 aliphatic heterocycles. The second kappa shape index (κ2) is 4.37. The summed E-state index contributed by atoms with van der Waals surface area (Å²) in [6.45, 7) is 0. The average Bonchev–Trinajstić information content (AvgIpc) is 2.81. The Balaban J connectivity index is 2.22. The Hall–Kier alpha value is -2.40. The molecule has 5 nitrogen and oxygen atoms in total. The van der Waals surface area contributed by atoms with Crippen LogP contribution >= 0.6 is 11.6 Å². The van der Waals surface area contributed by atoms with E-state index in [2.05, 4.69) is 4.98 Å². The van der Waals surface area contributed by atoms with Gasteiger partial charge in [-0.15, -0.1) is 0 Å². The van der Waals surface area contributed by atoms with Crippen LogP contribution in [0.1, 0.15) is 0 Å². The lowest BCUT2D eigenvalue weighted by Crippen LogP contribution is -1.91. The first-order valence-electron chi connectivity index (χ1n) is 5.45. The number of nitrogens with zero attached hydrogens (tertiary/aromatic N) is 2. The minimum absolute atomic E-state index is 0.0415. The quantitative estimate of drug-likeness (QED) is 0.522. The van der Waals surface area contributed by atoms with Crippen LogP contribution in [0.15, 0.2) is 46.9 Å². The van der Waals surface area contributed by atoms with Crippen molar-refractivity contribution in [2.75, 3.05) is 0 Å². The number of para-hydroxylation sites is 1. The first-order valence-corrected chi connectivity index (χ1v) is 5.83. The van der Waals surface area contributed by atoms with E-state index in [4.69, 9.17) is 16.0 Å². The lowest BCUT2D eigenvalue weighted by Gasteiger charge is -1.96. The molecule has 0 atom stereocenters. The Morgan fingerprint density at radius 1 is 1.21 bits per heavy atom. The second-order valence-corrected chi connectivity index (χ2v) is 4.34. The molecule has 1 aromatic heterocycles. The van der Waals surface area contributed by atoms with Crippen molar-refractivity contribution in [3.05, 3.63) is 57.6 Å². The van der Waals surface area contributed by atoms with Crippen molar-refractivity contribution in [2.24, 2.45) is 0 Å². The van der Waals surface area contributed by atoms with Crippen LogP contribution in [0.5, 0.6) is 0 Å². The number of benzene rings is 2. The summed E-state index contributed by atoms with van der Waals surface area (Å²) < 4.78 is 5.53. The zero-order valence-electron chi connectivity index (χ0n) is 9.54. The van der Waals surface area contributed by atoms with E-state index >= 15 is 0 Å². The topological polar surface area (TPSA) is 69.2 Å². The number of nitro groups is 1. The molecular formula is C13H7ClN2O3. The molecule has 0 amide bonds. The molecule has 0 spiro atoms. The summed E-state index contributed by atoms with van der Waals surface area (Å²) in [6.07, 6.45) is 0. The largest absolute Gasteiger partial charge is 0.436 e. The van der Waals surface area contributed by atoms with Crippen molar-refractivity contribution < 1.29 is 9.34 Å². The zero-order chi connectivity index (χ0) is 13.4. The van der Waals surface area contributed by atoms with Crippen molar-refractivity contribution in [1.82, 2.24) is 4.98 Å². The van der Waals surface area contributed by atoms with Gasteiger partial charge in [-0.25, -0.2) is 4.98 Å². The van der Waals surface area contributed by atoms with Gasteiger partial charge in [0.15, 0.2) is 5.58 Å². The van der Waals surface area contributed by atoms with E-state index in [9.17, 15) is 10.1 Å². The Morgan fingerprint density at radius 3 is 2.79 bits per heavy atom. The lowest BCUT2D eigenvalue weighted by atomic mass is 10.2. The fraction of sp³-hybridized carbons (Fsp3) is 0. The maximum atomic E-state index is 11.0. The van der Waals surface area contributed by atoms with Crippen LogP contribution in [0.4, 0.5) is 5.69 Å². The Morgan fingerprint density at radius 2 is 2.00 bits per heavy atom. The number of oxazole rings is 1. The van der Waals surface area contributed by atoms with E-state index in [0.29, 0.717) is 21.7 Å². The number of hydrogen-bond donors (Lipinski definition) is 0. The van der Waals surface area contributed by atoms with Crippen molar-refractivity contribution in [3.63, 3.8) is 0 Å². The van der Waals surface area contributed by atoms with E-state index in [1.807, 2.05) is 0 Å². The van der Waals surface area contributed by atoms with Crippen molar-refractivity contribution in [3.8, 4) is 11.5 Å². The van der Waals surface area contributed by atoms with E-state index in [-0.39, 0.29) is 11.6 Å². The number of halogens is 1. The fourth-order valence-electron chi connectivity index (χ4n) is 1.83. The third kappa shape index (κ3) is 2.04. The molecule has 0 N–H and O–H groups in total. The molecule has 3 aromatic rings. The van der Waals surface area contributed by atoms with E-state index in [0.717, 1.165) is 0 Å². The monoisotopic (exact) mass is 274 g/mol. The van der Waals surface area contributed by atoms with E-state index in [1.165, 1.54) is 6.07 Å². The maximum Gasteiger partial charge on any atom is 0.282 e. The van der Waals surface area contributed by atoms with Crippen LogP contribution < -0.4 is 0 Å². The maximum absolute atomic E-state index is 11.0. The van der Waals surface area contributed by atoms with Crippen LogP contribution in [-0.4, -0.2) is 9.91 Å². The molecule has 19 heavy (non-hydrogen) atoms. The predicted molar refractivity (Wildman–Crippen MR) is 71.1 cm³/mol. The molecule has 6 heteroatoms. The Labute approximate surface area is 112 Å². The molecule has 0 aliphatic carbocycles. The lowest BCUT2D eigenvalue weighted by molar-refractivity contribution is -0.384. The van der Waals surface area contributed by atoms with Gasteiger partial charge < -0.3 is 4.42 Å². The third-order valence-corrected chi connectivity index (χ3v) is 2.92. The van der Waals surface area contributed by atoms with Gasteiger partial charge in [0.2, 0.25) is 5.89 Å². The van der Waals surface area contributed by atoms with Crippen LogP contribution in [0.2, 0.25) is 5.02 Å². The second-order valence-electron chi connectivity index (χ2n) is 3.91. The molecule has 3 rings (SSSR count). The van der Waals surface area contributed by atoms with Gasteiger partial charge in [-0.3, -0.25) is 10.1 Å². The smallest absolute Gasteiger partial charge is 0.282 e. The highest BCUT2D eigenvalue weighted by Crippen LogP contribution is 2.31. The molecule has 0 fully saturated rings. The van der Waals surface area contributed by atoms with Crippen LogP contribution in [-0.2, 0) is 0 Å². The molecule has 0 aliphatic rings. The van der Waals surface area contributed by atoms with Crippen molar-refractivity contribution in [1.29, 1.82) is 0 Å². The number of rotatable bonds is 2. The summed E-state index contributed by atoms with van der Waals surface area (Å²) in [7, 11) is 0. The highest BCUT2D eigenvalue weighted by molar-refractivity contribution is 6.31. The summed E-state index contributed by atoms with van der Waals surface area (Å²) in [5.41, 5.74) is 1.41. The van der Waals surface area contributed by atoms with Gasteiger partial charge in [-0.2, -0.15) is 0 Å². The number of fused-ring (bicyclic) bond motifs is 1. The summed E-state index contributed by atoms with van der Waals surface area (Å²) in [5.74, 6) is 0.213. The standard InChI is InChI=1S/C13H7ClN2O3/c14-8-5-6-12-10(7-8)15-13(19-12)9-3-1-2-4-11(9)16(17)18/h1-7H. The molecule has 0 bridgehead atoms. The van der Waals surface area contributed by atoms with Gasteiger partial charge in [0, 0.05) is 11.1 Å². The minimum Gasteiger partial charge on any atom is -0.436 e. The first-order chi connectivity index (χ1) is 9.15. The van der Waals surface area contributed by atoms with E-state index in [1.54, 1.807) is 36.4 Å². The molecule has 2 aromatic carbocycles. The first kappa shape index (κ1) is 11.7. The number of hydrogen-bond acceptors (Lipinski definition) is 4. The van der Waals surface area contributed by atoms with Crippen molar-refractivity contribution in [2.45, 2.75) is 0 Å². The number of aromatic nitrogens is 1. The molecule has 0 radical (unpaired) electrons. The summed E-state index contributed by atoms with van der Waals surface area (Å²) in [6, 6.07) is 11.3. The van der Waals surface area contributed by atoms with Gasteiger partial charge in [-0.05, 0) is 24.3 Å². The Bertz CT molecular complexity index is 782. The zero-order valence-corrected chi connectivity index (χ0v) is 10.3.